The summed E-state index contributed by atoms with van der Waals surface area (Å²) in [5.74, 6) is -0.251. The van der Waals surface area contributed by atoms with Crippen molar-refractivity contribution in [3.63, 3.8) is 0 Å². The maximum Gasteiger partial charge on any atom is 0.274 e. The van der Waals surface area contributed by atoms with Gasteiger partial charge in [0.05, 0.1) is 38.5 Å². The van der Waals surface area contributed by atoms with Crippen molar-refractivity contribution in [1.29, 1.82) is 0 Å². The minimum atomic E-state index is -0.171. The van der Waals surface area contributed by atoms with E-state index in [1.807, 2.05) is 11.6 Å². The number of carbonyl (C=O) groups excluding carboxylic acids is 2. The molecule has 1 N–H and O–H groups in total. The second-order valence-electron chi connectivity index (χ2n) is 7.21. The molecule has 154 valence electrons. The van der Waals surface area contributed by atoms with Gasteiger partial charge >= 0.3 is 0 Å². The van der Waals surface area contributed by atoms with E-state index in [0.29, 0.717) is 70.3 Å². The molecule has 2 aliphatic rings. The molecule has 0 bridgehead atoms. The number of amides is 2. The lowest BCUT2D eigenvalue weighted by molar-refractivity contribution is 0.0294. The quantitative estimate of drug-likeness (QED) is 0.789. The van der Waals surface area contributed by atoms with E-state index in [4.69, 9.17) is 9.47 Å². The molecule has 0 saturated carbocycles. The average molecular weight is 399 g/mol. The Bertz CT molecular complexity index is 904. The normalized spacial score (nSPS) is 16.4. The van der Waals surface area contributed by atoms with E-state index >= 15 is 0 Å². The van der Waals surface area contributed by atoms with E-state index in [2.05, 4.69) is 15.4 Å². The summed E-state index contributed by atoms with van der Waals surface area (Å²) in [5.41, 5.74) is 3.80. The second-order valence-corrected chi connectivity index (χ2v) is 7.21. The van der Waals surface area contributed by atoms with Gasteiger partial charge in [0.2, 0.25) is 0 Å². The van der Waals surface area contributed by atoms with Crippen molar-refractivity contribution in [2.45, 2.75) is 26.5 Å². The van der Waals surface area contributed by atoms with Crippen LogP contribution in [0.15, 0.2) is 18.5 Å². The van der Waals surface area contributed by atoms with Crippen molar-refractivity contribution in [3.8, 4) is 0 Å². The molecule has 1 saturated heterocycles. The smallest absolute Gasteiger partial charge is 0.274 e. The number of aryl methyl sites for hydroxylation is 1. The van der Waals surface area contributed by atoms with Gasteiger partial charge in [0.15, 0.2) is 5.69 Å². The monoisotopic (exact) mass is 399 g/mol. The summed E-state index contributed by atoms with van der Waals surface area (Å²) in [5, 5.41) is 7.49. The summed E-state index contributed by atoms with van der Waals surface area (Å²) in [4.78, 5) is 31.1. The van der Waals surface area contributed by atoms with Crippen LogP contribution in [0, 0.1) is 6.92 Å². The number of rotatable bonds is 5. The van der Waals surface area contributed by atoms with Crippen molar-refractivity contribution in [2.24, 2.45) is 0 Å². The fourth-order valence-electron chi connectivity index (χ4n) is 3.64. The first-order chi connectivity index (χ1) is 14.1. The Balaban J connectivity index is 1.45. The highest BCUT2D eigenvalue weighted by Crippen LogP contribution is 2.22. The van der Waals surface area contributed by atoms with E-state index in [1.54, 1.807) is 23.4 Å². The average Bonchev–Trinajstić information content (AvgIpc) is 3.12. The Kier molecular flexibility index (Phi) is 5.86. The van der Waals surface area contributed by atoms with E-state index in [9.17, 15) is 9.59 Å². The van der Waals surface area contributed by atoms with Crippen molar-refractivity contribution in [1.82, 2.24) is 25.0 Å². The van der Waals surface area contributed by atoms with Gasteiger partial charge in [0, 0.05) is 49.7 Å². The molecule has 0 unspecified atom stereocenters. The molecule has 0 aliphatic carbocycles. The number of hydrogen-bond donors (Lipinski definition) is 1. The van der Waals surface area contributed by atoms with Crippen molar-refractivity contribution in [3.05, 3.63) is 46.5 Å². The van der Waals surface area contributed by atoms with E-state index in [1.165, 1.54) is 0 Å². The van der Waals surface area contributed by atoms with Crippen LogP contribution in [0.3, 0.4) is 0 Å². The topological polar surface area (TPSA) is 98.6 Å². The summed E-state index contributed by atoms with van der Waals surface area (Å²) in [6.45, 7) is 6.03. The third kappa shape index (κ3) is 4.30. The van der Waals surface area contributed by atoms with Gasteiger partial charge in [0.25, 0.3) is 11.8 Å². The SMILES string of the molecule is Cc1cncc(C(=O)NCCn2nc(C(=O)N3CCOCC3)c3c2CCOC3)c1. The molecule has 0 aromatic carbocycles. The van der Waals surface area contributed by atoms with E-state index < -0.39 is 0 Å². The molecular weight excluding hydrogens is 374 g/mol. The van der Waals surface area contributed by atoms with Gasteiger partial charge < -0.3 is 19.7 Å². The molecule has 29 heavy (non-hydrogen) atoms. The molecule has 0 radical (unpaired) electrons. The first-order valence-corrected chi connectivity index (χ1v) is 9.86. The number of nitrogens with one attached hydrogen (secondary N) is 1. The van der Waals surface area contributed by atoms with Gasteiger partial charge in [-0.15, -0.1) is 0 Å². The standard InChI is InChI=1S/C20H25N5O4/c1-14-10-15(12-21-11-14)19(26)22-3-4-25-17-2-7-29-13-16(17)18(23-25)20(27)24-5-8-28-9-6-24/h10-12H,2-9,13H2,1H3,(H,22,26). The zero-order chi connectivity index (χ0) is 20.2. The van der Waals surface area contributed by atoms with Crippen LogP contribution in [0.1, 0.15) is 37.7 Å². The molecular formula is C20H25N5O4. The molecule has 4 rings (SSSR count). The maximum absolute atomic E-state index is 12.9. The Hall–Kier alpha value is -2.78. The molecule has 2 aromatic rings. The molecule has 2 amide bonds. The third-order valence-electron chi connectivity index (χ3n) is 5.14. The van der Waals surface area contributed by atoms with Crippen LogP contribution >= 0.6 is 0 Å². The van der Waals surface area contributed by atoms with Crippen LogP contribution in [0.5, 0.6) is 0 Å². The fraction of sp³-hybridized carbons (Fsp3) is 0.500. The predicted molar refractivity (Wildman–Crippen MR) is 104 cm³/mol. The van der Waals surface area contributed by atoms with Crippen molar-refractivity contribution in [2.75, 3.05) is 39.5 Å². The van der Waals surface area contributed by atoms with Gasteiger partial charge in [-0.3, -0.25) is 19.3 Å². The number of morpholine rings is 1. The van der Waals surface area contributed by atoms with Gasteiger partial charge in [-0.2, -0.15) is 5.10 Å². The lowest BCUT2D eigenvalue weighted by atomic mass is 10.1. The Morgan fingerprint density at radius 3 is 2.79 bits per heavy atom. The number of pyridine rings is 1. The minimum Gasteiger partial charge on any atom is -0.378 e. The van der Waals surface area contributed by atoms with E-state index in [-0.39, 0.29) is 11.8 Å². The van der Waals surface area contributed by atoms with Crippen LogP contribution in [0.2, 0.25) is 0 Å². The van der Waals surface area contributed by atoms with Crippen LogP contribution in [0.25, 0.3) is 0 Å². The van der Waals surface area contributed by atoms with E-state index in [0.717, 1.165) is 16.8 Å². The van der Waals surface area contributed by atoms with Crippen LogP contribution < -0.4 is 5.32 Å². The molecule has 9 heteroatoms. The summed E-state index contributed by atoms with van der Waals surface area (Å²) >= 11 is 0. The molecule has 2 aromatic heterocycles. The van der Waals surface area contributed by atoms with Crippen LogP contribution in [-0.4, -0.2) is 70.9 Å². The predicted octanol–water partition coefficient (Wildman–Crippen LogP) is 0.562. The third-order valence-corrected chi connectivity index (χ3v) is 5.14. The van der Waals surface area contributed by atoms with Crippen LogP contribution in [0.4, 0.5) is 0 Å². The number of ether oxygens (including phenoxy) is 2. The number of fused-ring (bicyclic) bond motifs is 1. The second kappa shape index (κ2) is 8.71. The number of carbonyl (C=O) groups is 2. The Labute approximate surface area is 169 Å². The molecule has 1 fully saturated rings. The van der Waals surface area contributed by atoms with Gasteiger partial charge in [-0.05, 0) is 18.6 Å². The Morgan fingerprint density at radius 2 is 2.00 bits per heavy atom. The summed E-state index contributed by atoms with van der Waals surface area (Å²) in [7, 11) is 0. The number of nitrogens with zero attached hydrogens (tertiary/aromatic N) is 4. The lowest BCUT2D eigenvalue weighted by Gasteiger charge is -2.26. The minimum absolute atomic E-state index is 0.0799. The van der Waals surface area contributed by atoms with Crippen molar-refractivity contribution >= 4 is 11.8 Å². The molecule has 4 heterocycles. The van der Waals surface area contributed by atoms with Gasteiger partial charge in [-0.1, -0.05) is 0 Å². The lowest BCUT2D eigenvalue weighted by Crippen LogP contribution is -2.41. The summed E-state index contributed by atoms with van der Waals surface area (Å²) in [6, 6.07) is 1.80. The summed E-state index contributed by atoms with van der Waals surface area (Å²) in [6.07, 6.45) is 3.96. The molecule has 2 aliphatic heterocycles. The number of aromatic nitrogens is 3. The van der Waals surface area contributed by atoms with Gasteiger partial charge in [0.1, 0.15) is 0 Å². The van der Waals surface area contributed by atoms with Crippen LogP contribution in [-0.2, 0) is 29.0 Å². The zero-order valence-corrected chi connectivity index (χ0v) is 16.5. The fourth-order valence-corrected chi connectivity index (χ4v) is 3.64. The highest BCUT2D eigenvalue weighted by Gasteiger charge is 2.29. The Morgan fingerprint density at radius 1 is 1.17 bits per heavy atom. The first-order valence-electron chi connectivity index (χ1n) is 9.86. The molecule has 9 nitrogen and oxygen atoms in total. The molecule has 0 spiro atoms. The number of hydrogen-bond acceptors (Lipinski definition) is 6. The van der Waals surface area contributed by atoms with Crippen molar-refractivity contribution < 1.29 is 19.1 Å². The molecule has 0 atom stereocenters. The highest BCUT2D eigenvalue weighted by molar-refractivity contribution is 5.94. The first kappa shape index (κ1) is 19.5. The highest BCUT2D eigenvalue weighted by atomic mass is 16.5. The van der Waals surface area contributed by atoms with Gasteiger partial charge in [-0.25, -0.2) is 0 Å². The zero-order valence-electron chi connectivity index (χ0n) is 16.5. The largest absolute Gasteiger partial charge is 0.378 e. The summed E-state index contributed by atoms with van der Waals surface area (Å²) < 4.78 is 12.7. The maximum atomic E-state index is 12.9.